The molecule has 0 aliphatic heterocycles. The van der Waals surface area contributed by atoms with Crippen molar-refractivity contribution in [1.82, 2.24) is 4.98 Å². The summed E-state index contributed by atoms with van der Waals surface area (Å²) in [5.41, 5.74) is 0.436. The van der Waals surface area contributed by atoms with Gasteiger partial charge in [0.05, 0.1) is 21.7 Å². The summed E-state index contributed by atoms with van der Waals surface area (Å²) in [6, 6.07) is 12.9. The number of hydrogen-bond donors (Lipinski definition) is 1. The second kappa shape index (κ2) is 8.49. The maximum Gasteiger partial charge on any atom is 0.283 e. The Morgan fingerprint density at radius 1 is 1.18 bits per heavy atom. The summed E-state index contributed by atoms with van der Waals surface area (Å²) in [6.45, 7) is 0. The van der Waals surface area contributed by atoms with E-state index in [1.165, 1.54) is 66.5 Å². The summed E-state index contributed by atoms with van der Waals surface area (Å²) >= 11 is 1.23. The number of amides is 1. The average molecular weight is 399 g/mol. The van der Waals surface area contributed by atoms with Crippen LogP contribution >= 0.6 is 11.8 Å². The van der Waals surface area contributed by atoms with Crippen molar-refractivity contribution >= 4 is 29.0 Å². The van der Waals surface area contributed by atoms with Gasteiger partial charge in [0.25, 0.3) is 11.6 Å². The first kappa shape index (κ1) is 19.3. The van der Waals surface area contributed by atoms with E-state index >= 15 is 0 Å². The van der Waals surface area contributed by atoms with Crippen LogP contribution in [0.25, 0.3) is 0 Å². The van der Waals surface area contributed by atoms with Crippen molar-refractivity contribution in [3.63, 3.8) is 0 Å². The number of carbonyl (C=O) groups is 1. The van der Waals surface area contributed by atoms with Crippen LogP contribution in [0.3, 0.4) is 0 Å². The number of anilines is 1. The molecule has 0 bridgehead atoms. The third kappa shape index (κ3) is 4.63. The minimum Gasteiger partial charge on any atom is -0.439 e. The Morgan fingerprint density at radius 2 is 1.93 bits per heavy atom. The molecular weight excluding hydrogens is 385 g/mol. The van der Waals surface area contributed by atoms with Gasteiger partial charge in [0, 0.05) is 17.7 Å². The lowest BCUT2D eigenvalue weighted by Crippen LogP contribution is -2.12. The highest BCUT2D eigenvalue weighted by atomic mass is 32.2. The number of nitro groups is 1. The summed E-state index contributed by atoms with van der Waals surface area (Å²) < 4.78 is 18.4. The zero-order chi connectivity index (χ0) is 20.1. The van der Waals surface area contributed by atoms with E-state index in [-0.39, 0.29) is 22.9 Å². The number of halogens is 1. The molecule has 0 saturated heterocycles. The molecule has 142 valence electrons. The van der Waals surface area contributed by atoms with Crippen LogP contribution in [-0.2, 0) is 0 Å². The highest BCUT2D eigenvalue weighted by molar-refractivity contribution is 7.98. The molecule has 0 aliphatic carbocycles. The number of pyridine rings is 1. The lowest BCUT2D eigenvalue weighted by molar-refractivity contribution is -0.387. The van der Waals surface area contributed by atoms with E-state index in [9.17, 15) is 19.3 Å². The Balaban J connectivity index is 1.70. The quantitative estimate of drug-likeness (QED) is 0.360. The van der Waals surface area contributed by atoms with Crippen LogP contribution in [0.5, 0.6) is 11.6 Å². The summed E-state index contributed by atoms with van der Waals surface area (Å²) in [6.07, 6.45) is 3.12. The van der Waals surface area contributed by atoms with Crippen molar-refractivity contribution in [1.29, 1.82) is 0 Å². The number of nitrogens with zero attached hydrogens (tertiary/aromatic N) is 2. The zero-order valence-corrected chi connectivity index (χ0v) is 15.4. The molecule has 0 atom stereocenters. The number of aromatic nitrogens is 1. The zero-order valence-electron chi connectivity index (χ0n) is 14.6. The number of carbonyl (C=O) groups excluding carboxylic acids is 1. The molecule has 0 saturated carbocycles. The van der Waals surface area contributed by atoms with Crippen molar-refractivity contribution in [2.24, 2.45) is 0 Å². The first-order valence-electron chi connectivity index (χ1n) is 7.99. The Labute approximate surface area is 163 Å². The van der Waals surface area contributed by atoms with Crippen LogP contribution in [0.2, 0.25) is 0 Å². The van der Waals surface area contributed by atoms with Gasteiger partial charge in [-0.3, -0.25) is 14.9 Å². The van der Waals surface area contributed by atoms with Gasteiger partial charge in [-0.15, -0.1) is 11.8 Å². The number of benzene rings is 2. The van der Waals surface area contributed by atoms with E-state index in [1.54, 1.807) is 12.3 Å². The maximum absolute atomic E-state index is 12.9. The molecule has 2 aromatic carbocycles. The van der Waals surface area contributed by atoms with Gasteiger partial charge < -0.3 is 10.1 Å². The standard InChI is InChI=1S/C19H14FN3O4S/c1-28-17-8-2-12(10-16(17)23(25)26)19(24)22-14-5-9-18(21-11-14)27-15-6-3-13(20)4-7-15/h2-11H,1H3,(H,22,24). The fourth-order valence-electron chi connectivity index (χ4n) is 2.32. The minimum absolute atomic E-state index is 0.124. The van der Waals surface area contributed by atoms with Gasteiger partial charge in [0.2, 0.25) is 5.88 Å². The second-order valence-electron chi connectivity index (χ2n) is 5.54. The van der Waals surface area contributed by atoms with E-state index < -0.39 is 10.8 Å². The highest BCUT2D eigenvalue weighted by Gasteiger charge is 2.17. The van der Waals surface area contributed by atoms with Gasteiger partial charge in [0.15, 0.2) is 0 Å². The fourth-order valence-corrected chi connectivity index (χ4v) is 2.86. The minimum atomic E-state index is -0.522. The van der Waals surface area contributed by atoms with Crippen molar-refractivity contribution < 1.29 is 18.8 Å². The number of hydrogen-bond acceptors (Lipinski definition) is 6. The third-order valence-corrected chi connectivity index (χ3v) is 4.45. The molecule has 0 fully saturated rings. The predicted octanol–water partition coefficient (Wildman–Crippen LogP) is 4.90. The molecule has 0 radical (unpaired) electrons. The predicted molar refractivity (Wildman–Crippen MR) is 104 cm³/mol. The van der Waals surface area contributed by atoms with E-state index in [4.69, 9.17) is 4.74 Å². The van der Waals surface area contributed by atoms with Crippen LogP contribution in [-0.4, -0.2) is 22.1 Å². The van der Waals surface area contributed by atoms with Crippen LogP contribution in [0, 0.1) is 15.9 Å². The molecule has 1 aromatic heterocycles. The smallest absolute Gasteiger partial charge is 0.283 e. The first-order chi connectivity index (χ1) is 13.5. The molecule has 1 heterocycles. The average Bonchev–Trinajstić information content (AvgIpc) is 2.70. The SMILES string of the molecule is CSc1ccc(C(=O)Nc2ccc(Oc3ccc(F)cc3)nc2)cc1[N+](=O)[O-]. The van der Waals surface area contributed by atoms with E-state index in [2.05, 4.69) is 10.3 Å². The highest BCUT2D eigenvalue weighted by Crippen LogP contribution is 2.28. The van der Waals surface area contributed by atoms with Gasteiger partial charge in [-0.25, -0.2) is 9.37 Å². The van der Waals surface area contributed by atoms with Crippen molar-refractivity contribution in [2.75, 3.05) is 11.6 Å². The molecule has 0 unspecified atom stereocenters. The monoisotopic (exact) mass is 399 g/mol. The van der Waals surface area contributed by atoms with Gasteiger partial charge in [0.1, 0.15) is 11.6 Å². The number of nitrogens with one attached hydrogen (secondary N) is 1. The molecule has 1 N–H and O–H groups in total. The van der Waals surface area contributed by atoms with Crippen LogP contribution < -0.4 is 10.1 Å². The summed E-state index contributed by atoms with van der Waals surface area (Å²) in [4.78, 5) is 27.5. The Morgan fingerprint density at radius 3 is 2.54 bits per heavy atom. The summed E-state index contributed by atoms with van der Waals surface area (Å²) in [5, 5.41) is 13.8. The third-order valence-electron chi connectivity index (χ3n) is 3.67. The number of rotatable bonds is 6. The molecule has 1 amide bonds. The van der Waals surface area contributed by atoms with Crippen LogP contribution in [0.4, 0.5) is 15.8 Å². The van der Waals surface area contributed by atoms with E-state index in [1.807, 2.05) is 0 Å². The first-order valence-corrected chi connectivity index (χ1v) is 9.22. The Hall–Kier alpha value is -3.46. The fraction of sp³-hybridized carbons (Fsp3) is 0.0526. The molecule has 3 rings (SSSR count). The molecule has 0 aliphatic rings. The summed E-state index contributed by atoms with van der Waals surface area (Å²) in [5.74, 6) is -0.176. The number of thioether (sulfide) groups is 1. The molecule has 3 aromatic rings. The molecule has 9 heteroatoms. The molecular formula is C19H14FN3O4S. The largest absolute Gasteiger partial charge is 0.439 e. The Bertz CT molecular complexity index is 1010. The van der Waals surface area contributed by atoms with Crippen molar-refractivity contribution in [3.8, 4) is 11.6 Å². The van der Waals surface area contributed by atoms with Gasteiger partial charge in [-0.05, 0) is 48.7 Å². The Kier molecular flexibility index (Phi) is 5.85. The summed E-state index contributed by atoms with van der Waals surface area (Å²) in [7, 11) is 0. The number of ether oxygens (including phenoxy) is 1. The van der Waals surface area contributed by atoms with Gasteiger partial charge in [-0.2, -0.15) is 0 Å². The van der Waals surface area contributed by atoms with Crippen LogP contribution in [0.15, 0.2) is 65.7 Å². The van der Waals surface area contributed by atoms with Crippen LogP contribution in [0.1, 0.15) is 10.4 Å². The van der Waals surface area contributed by atoms with Gasteiger partial charge >= 0.3 is 0 Å². The van der Waals surface area contributed by atoms with Crippen molar-refractivity contribution in [3.05, 3.63) is 82.3 Å². The number of nitro benzene ring substituents is 1. The van der Waals surface area contributed by atoms with E-state index in [0.29, 0.717) is 16.3 Å². The lowest BCUT2D eigenvalue weighted by Gasteiger charge is -2.08. The second-order valence-corrected chi connectivity index (χ2v) is 6.39. The topological polar surface area (TPSA) is 94.4 Å². The van der Waals surface area contributed by atoms with E-state index in [0.717, 1.165) is 0 Å². The molecule has 7 nitrogen and oxygen atoms in total. The lowest BCUT2D eigenvalue weighted by atomic mass is 10.2. The molecule has 28 heavy (non-hydrogen) atoms. The normalized spacial score (nSPS) is 10.4. The van der Waals surface area contributed by atoms with Gasteiger partial charge in [-0.1, -0.05) is 0 Å². The maximum atomic E-state index is 12.9. The van der Waals surface area contributed by atoms with Crippen molar-refractivity contribution in [2.45, 2.75) is 4.90 Å². The molecule has 0 spiro atoms.